The molecule has 0 bridgehead atoms. The number of nitrogens with zero attached hydrogens (tertiary/aromatic N) is 2. The van der Waals surface area contributed by atoms with Gasteiger partial charge in [-0.15, -0.1) is 0 Å². The summed E-state index contributed by atoms with van der Waals surface area (Å²) in [6.07, 6.45) is 4.02. The molecule has 1 aromatic rings. The highest BCUT2D eigenvalue weighted by Gasteiger charge is 2.29. The van der Waals surface area contributed by atoms with Crippen LogP contribution in [0.4, 0.5) is 5.69 Å². The van der Waals surface area contributed by atoms with Gasteiger partial charge in [0, 0.05) is 36.7 Å². The lowest BCUT2D eigenvalue weighted by atomic mass is 10.1. The van der Waals surface area contributed by atoms with Gasteiger partial charge in [0.25, 0.3) is 0 Å². The maximum Gasteiger partial charge on any atom is 0.0511 e. The molecule has 0 radical (unpaired) electrons. The van der Waals surface area contributed by atoms with Crippen molar-refractivity contribution >= 4 is 21.6 Å². The van der Waals surface area contributed by atoms with Crippen molar-refractivity contribution in [3.8, 4) is 0 Å². The summed E-state index contributed by atoms with van der Waals surface area (Å²) in [4.78, 5) is 5.27. The van der Waals surface area contributed by atoms with Gasteiger partial charge in [0.1, 0.15) is 0 Å². The summed E-state index contributed by atoms with van der Waals surface area (Å²) in [5.41, 5.74) is 2.72. The van der Waals surface area contributed by atoms with E-state index in [2.05, 4.69) is 56.2 Å². The molecule has 3 rings (SSSR count). The van der Waals surface area contributed by atoms with Crippen LogP contribution in [0.15, 0.2) is 22.7 Å². The molecule has 0 aromatic heterocycles. The molecule has 2 aliphatic rings. The zero-order chi connectivity index (χ0) is 14.7. The van der Waals surface area contributed by atoms with E-state index in [9.17, 15) is 0 Å². The molecule has 3 nitrogen and oxygen atoms in total. The Morgan fingerprint density at radius 1 is 1.24 bits per heavy atom. The van der Waals surface area contributed by atoms with Gasteiger partial charge in [-0.25, -0.2) is 0 Å². The second kappa shape index (κ2) is 7.12. The number of anilines is 1. The maximum absolute atomic E-state index is 3.79. The predicted molar refractivity (Wildman–Crippen MR) is 92.9 cm³/mol. The molecule has 1 atom stereocenters. The molecule has 1 unspecified atom stereocenters. The van der Waals surface area contributed by atoms with Crippen LogP contribution in [0.3, 0.4) is 0 Å². The van der Waals surface area contributed by atoms with E-state index in [1.807, 2.05) is 0 Å². The smallest absolute Gasteiger partial charge is 0.0511 e. The summed E-state index contributed by atoms with van der Waals surface area (Å²) in [5.74, 6) is 0. The highest BCUT2D eigenvalue weighted by molar-refractivity contribution is 9.10. The predicted octanol–water partition coefficient (Wildman–Crippen LogP) is 3.23. The standard InChI is InChI=1S/C17H26BrN3/c1-2-19-12-14-6-7-17(16(18)11-14)21-10-4-9-20-8-3-5-15(20)13-21/h6-7,11,15,19H,2-5,8-10,12-13H2,1H3. The van der Waals surface area contributed by atoms with Crippen molar-refractivity contribution in [2.75, 3.05) is 37.6 Å². The average Bonchev–Trinajstić information content (AvgIpc) is 2.83. The van der Waals surface area contributed by atoms with Crippen LogP contribution in [0.5, 0.6) is 0 Å². The molecule has 2 saturated heterocycles. The molecule has 2 aliphatic heterocycles. The van der Waals surface area contributed by atoms with E-state index in [1.54, 1.807) is 0 Å². The summed E-state index contributed by atoms with van der Waals surface area (Å²) in [6, 6.07) is 7.59. The van der Waals surface area contributed by atoms with E-state index in [0.29, 0.717) is 0 Å². The third kappa shape index (κ3) is 3.61. The lowest BCUT2D eigenvalue weighted by Crippen LogP contribution is -2.36. The topological polar surface area (TPSA) is 18.5 Å². The highest BCUT2D eigenvalue weighted by Crippen LogP contribution is 2.31. The Labute approximate surface area is 136 Å². The summed E-state index contributed by atoms with van der Waals surface area (Å²) >= 11 is 3.79. The molecule has 0 saturated carbocycles. The summed E-state index contributed by atoms with van der Waals surface area (Å²) < 4.78 is 1.24. The van der Waals surface area contributed by atoms with Gasteiger partial charge in [-0.05, 0) is 66.0 Å². The minimum Gasteiger partial charge on any atom is -0.369 e. The first kappa shape index (κ1) is 15.3. The zero-order valence-corrected chi connectivity index (χ0v) is 14.5. The third-order valence-electron chi connectivity index (χ3n) is 4.74. The normalized spacial score (nSPS) is 23.1. The lowest BCUT2D eigenvalue weighted by molar-refractivity contribution is 0.273. The second-order valence-corrected chi connectivity index (χ2v) is 7.05. The maximum atomic E-state index is 3.79. The Hall–Kier alpha value is -0.580. The van der Waals surface area contributed by atoms with Crippen molar-refractivity contribution in [2.24, 2.45) is 0 Å². The number of benzene rings is 1. The van der Waals surface area contributed by atoms with Crippen molar-refractivity contribution in [3.05, 3.63) is 28.2 Å². The van der Waals surface area contributed by atoms with Crippen molar-refractivity contribution in [2.45, 2.75) is 38.8 Å². The zero-order valence-electron chi connectivity index (χ0n) is 12.9. The van der Waals surface area contributed by atoms with Crippen LogP contribution in [0.25, 0.3) is 0 Å². The highest BCUT2D eigenvalue weighted by atomic mass is 79.9. The Balaban J connectivity index is 1.73. The molecule has 1 aromatic carbocycles. The van der Waals surface area contributed by atoms with E-state index in [4.69, 9.17) is 0 Å². The quantitative estimate of drug-likeness (QED) is 0.898. The van der Waals surface area contributed by atoms with Crippen molar-refractivity contribution in [1.29, 1.82) is 0 Å². The van der Waals surface area contributed by atoms with Crippen LogP contribution in [-0.4, -0.2) is 43.7 Å². The minimum absolute atomic E-state index is 0.765. The van der Waals surface area contributed by atoms with Crippen LogP contribution in [-0.2, 0) is 6.54 Å². The number of nitrogens with one attached hydrogen (secondary N) is 1. The number of halogens is 1. The Morgan fingerprint density at radius 3 is 2.90 bits per heavy atom. The van der Waals surface area contributed by atoms with Crippen LogP contribution in [0.2, 0.25) is 0 Å². The van der Waals surface area contributed by atoms with Gasteiger partial charge in [0.2, 0.25) is 0 Å². The molecular weight excluding hydrogens is 326 g/mol. The van der Waals surface area contributed by atoms with E-state index < -0.39 is 0 Å². The first-order valence-electron chi connectivity index (χ1n) is 8.26. The SMILES string of the molecule is CCNCc1ccc(N2CCCN3CCCC3C2)c(Br)c1. The second-order valence-electron chi connectivity index (χ2n) is 6.20. The fourth-order valence-electron chi connectivity index (χ4n) is 3.61. The Morgan fingerprint density at radius 2 is 2.10 bits per heavy atom. The van der Waals surface area contributed by atoms with Gasteiger partial charge in [0.05, 0.1) is 5.69 Å². The van der Waals surface area contributed by atoms with Crippen LogP contribution < -0.4 is 10.2 Å². The summed E-state index contributed by atoms with van der Waals surface area (Å²) in [7, 11) is 0. The van der Waals surface area contributed by atoms with E-state index >= 15 is 0 Å². The lowest BCUT2D eigenvalue weighted by Gasteiger charge is -2.28. The summed E-state index contributed by atoms with van der Waals surface area (Å²) in [6.45, 7) is 9.06. The van der Waals surface area contributed by atoms with Gasteiger partial charge in [-0.1, -0.05) is 13.0 Å². The Kier molecular flexibility index (Phi) is 5.19. The average molecular weight is 352 g/mol. The molecule has 1 N–H and O–H groups in total. The molecule has 0 aliphatic carbocycles. The largest absolute Gasteiger partial charge is 0.369 e. The van der Waals surface area contributed by atoms with Gasteiger partial charge < -0.3 is 10.2 Å². The van der Waals surface area contributed by atoms with Gasteiger partial charge in [-0.3, -0.25) is 4.90 Å². The number of fused-ring (bicyclic) bond motifs is 1. The summed E-state index contributed by atoms with van der Waals surface area (Å²) in [5, 5.41) is 3.39. The van der Waals surface area contributed by atoms with Crippen molar-refractivity contribution < 1.29 is 0 Å². The van der Waals surface area contributed by atoms with E-state index in [-0.39, 0.29) is 0 Å². The fraction of sp³-hybridized carbons (Fsp3) is 0.647. The fourth-order valence-corrected chi connectivity index (χ4v) is 4.29. The number of hydrogen-bond donors (Lipinski definition) is 1. The van der Waals surface area contributed by atoms with Crippen LogP contribution in [0, 0.1) is 0 Å². The van der Waals surface area contributed by atoms with E-state index in [0.717, 1.165) is 19.1 Å². The minimum atomic E-state index is 0.765. The monoisotopic (exact) mass is 351 g/mol. The van der Waals surface area contributed by atoms with Crippen LogP contribution in [0.1, 0.15) is 31.7 Å². The van der Waals surface area contributed by atoms with Gasteiger partial charge in [-0.2, -0.15) is 0 Å². The first-order valence-corrected chi connectivity index (χ1v) is 9.05. The Bertz CT molecular complexity index is 477. The molecule has 4 heteroatoms. The van der Waals surface area contributed by atoms with Crippen molar-refractivity contribution in [1.82, 2.24) is 10.2 Å². The molecule has 2 fully saturated rings. The molecule has 0 amide bonds. The molecule has 2 heterocycles. The molecule has 116 valence electrons. The van der Waals surface area contributed by atoms with Gasteiger partial charge >= 0.3 is 0 Å². The van der Waals surface area contributed by atoms with Gasteiger partial charge in [0.15, 0.2) is 0 Å². The third-order valence-corrected chi connectivity index (χ3v) is 5.37. The van der Waals surface area contributed by atoms with Crippen molar-refractivity contribution in [3.63, 3.8) is 0 Å². The molecular formula is C17H26BrN3. The van der Waals surface area contributed by atoms with E-state index in [1.165, 1.54) is 61.2 Å². The molecule has 0 spiro atoms. The number of rotatable bonds is 4. The first-order chi connectivity index (χ1) is 10.3. The van der Waals surface area contributed by atoms with Crippen LogP contribution >= 0.6 is 15.9 Å². The molecule has 21 heavy (non-hydrogen) atoms. The number of hydrogen-bond acceptors (Lipinski definition) is 3.